The van der Waals surface area contributed by atoms with Crippen molar-refractivity contribution in [3.05, 3.63) is 29.3 Å². The molecule has 1 aromatic rings. The molecule has 0 saturated carbocycles. The van der Waals surface area contributed by atoms with Gasteiger partial charge in [0, 0.05) is 0 Å². The highest BCUT2D eigenvalue weighted by Crippen LogP contribution is 2.20. The lowest BCUT2D eigenvalue weighted by Gasteiger charge is -2.13. The van der Waals surface area contributed by atoms with E-state index >= 15 is 0 Å². The standard InChI is InChI=1S/C16H22O2/c1-4-6-14(3)12-18-16-9-8-13(2)11-15(16)7-5-10-17/h8-9,11,14,17H,4,6,10,12H2,1-3H3. The second-order valence-electron chi connectivity index (χ2n) is 4.66. The summed E-state index contributed by atoms with van der Waals surface area (Å²) in [6.07, 6.45) is 2.35. The zero-order valence-electron chi connectivity index (χ0n) is 11.5. The first-order chi connectivity index (χ1) is 8.67. The normalized spacial score (nSPS) is 11.6. The number of hydrogen-bond acceptors (Lipinski definition) is 2. The minimum Gasteiger partial charge on any atom is -0.492 e. The molecule has 0 fully saturated rings. The van der Waals surface area contributed by atoms with Gasteiger partial charge in [0.2, 0.25) is 0 Å². The van der Waals surface area contributed by atoms with Crippen LogP contribution in [0.2, 0.25) is 0 Å². The summed E-state index contributed by atoms with van der Waals surface area (Å²) in [5.41, 5.74) is 2.00. The quantitative estimate of drug-likeness (QED) is 0.809. The third-order valence-corrected chi connectivity index (χ3v) is 2.74. The van der Waals surface area contributed by atoms with Crippen LogP contribution < -0.4 is 4.74 Å². The van der Waals surface area contributed by atoms with Gasteiger partial charge in [-0.05, 0) is 37.0 Å². The lowest BCUT2D eigenvalue weighted by atomic mass is 10.1. The Balaban J connectivity index is 2.75. The van der Waals surface area contributed by atoms with E-state index in [4.69, 9.17) is 9.84 Å². The molecule has 2 nitrogen and oxygen atoms in total. The van der Waals surface area contributed by atoms with Crippen molar-refractivity contribution in [3.63, 3.8) is 0 Å². The molecule has 0 aliphatic heterocycles. The molecule has 0 heterocycles. The first-order valence-corrected chi connectivity index (χ1v) is 6.50. The van der Waals surface area contributed by atoms with Gasteiger partial charge in [-0.25, -0.2) is 0 Å². The number of ether oxygens (including phenoxy) is 1. The fourth-order valence-corrected chi connectivity index (χ4v) is 1.81. The monoisotopic (exact) mass is 246 g/mol. The van der Waals surface area contributed by atoms with E-state index in [1.54, 1.807) is 0 Å². The van der Waals surface area contributed by atoms with Gasteiger partial charge in [-0.1, -0.05) is 38.2 Å². The van der Waals surface area contributed by atoms with Crippen molar-refractivity contribution >= 4 is 0 Å². The van der Waals surface area contributed by atoms with Crippen molar-refractivity contribution in [2.45, 2.75) is 33.6 Å². The Morgan fingerprint density at radius 3 is 2.83 bits per heavy atom. The van der Waals surface area contributed by atoms with E-state index < -0.39 is 0 Å². The lowest BCUT2D eigenvalue weighted by molar-refractivity contribution is 0.251. The highest BCUT2D eigenvalue weighted by molar-refractivity contribution is 5.48. The predicted octanol–water partition coefficient (Wildman–Crippen LogP) is 3.15. The van der Waals surface area contributed by atoms with Crippen LogP contribution in [0.15, 0.2) is 18.2 Å². The molecule has 0 aromatic heterocycles. The SMILES string of the molecule is CCCC(C)COc1ccc(C)cc1C#CCO. The van der Waals surface area contributed by atoms with Crippen LogP contribution in [0.5, 0.6) is 5.75 Å². The van der Waals surface area contributed by atoms with Crippen LogP contribution >= 0.6 is 0 Å². The zero-order chi connectivity index (χ0) is 13.4. The molecule has 1 aromatic carbocycles. The molecule has 18 heavy (non-hydrogen) atoms. The first-order valence-electron chi connectivity index (χ1n) is 6.50. The summed E-state index contributed by atoms with van der Waals surface area (Å²) >= 11 is 0. The number of aliphatic hydroxyl groups excluding tert-OH is 1. The Kier molecular flexibility index (Phi) is 6.32. The van der Waals surface area contributed by atoms with E-state index in [0.29, 0.717) is 12.5 Å². The van der Waals surface area contributed by atoms with E-state index in [0.717, 1.165) is 16.9 Å². The van der Waals surface area contributed by atoms with Crippen LogP contribution in [0.3, 0.4) is 0 Å². The molecule has 1 atom stereocenters. The highest BCUT2D eigenvalue weighted by Gasteiger charge is 2.05. The van der Waals surface area contributed by atoms with Crippen LogP contribution in [0.1, 0.15) is 37.8 Å². The average molecular weight is 246 g/mol. The molecule has 98 valence electrons. The Morgan fingerprint density at radius 2 is 2.17 bits per heavy atom. The van der Waals surface area contributed by atoms with Crippen LogP contribution in [0.4, 0.5) is 0 Å². The van der Waals surface area contributed by atoms with Crippen molar-refractivity contribution in [1.29, 1.82) is 0 Å². The van der Waals surface area contributed by atoms with E-state index in [1.165, 1.54) is 12.8 Å². The van der Waals surface area contributed by atoms with Crippen LogP contribution in [0, 0.1) is 24.7 Å². The maximum atomic E-state index is 8.76. The first kappa shape index (κ1) is 14.6. The maximum absolute atomic E-state index is 8.76. The zero-order valence-corrected chi connectivity index (χ0v) is 11.5. The third-order valence-electron chi connectivity index (χ3n) is 2.74. The van der Waals surface area contributed by atoms with E-state index in [9.17, 15) is 0 Å². The minimum absolute atomic E-state index is 0.125. The number of aliphatic hydroxyl groups is 1. The molecule has 0 radical (unpaired) electrons. The molecule has 0 amide bonds. The van der Waals surface area contributed by atoms with E-state index in [1.807, 2.05) is 25.1 Å². The predicted molar refractivity (Wildman–Crippen MR) is 74.7 cm³/mol. The molecule has 0 aliphatic rings. The highest BCUT2D eigenvalue weighted by atomic mass is 16.5. The van der Waals surface area contributed by atoms with Crippen LogP contribution in [-0.4, -0.2) is 18.3 Å². The Labute approximate surface area is 110 Å². The lowest BCUT2D eigenvalue weighted by Crippen LogP contribution is -2.09. The Bertz CT molecular complexity index is 426. The molecule has 2 heteroatoms. The molecular weight excluding hydrogens is 224 g/mol. The summed E-state index contributed by atoms with van der Waals surface area (Å²) in [6.45, 7) is 6.98. The van der Waals surface area contributed by atoms with Gasteiger partial charge in [-0.2, -0.15) is 0 Å². The fraction of sp³-hybridized carbons (Fsp3) is 0.500. The second-order valence-corrected chi connectivity index (χ2v) is 4.66. The number of rotatable bonds is 5. The summed E-state index contributed by atoms with van der Waals surface area (Å²) in [5, 5.41) is 8.76. The van der Waals surface area contributed by atoms with Crippen molar-refractivity contribution in [3.8, 4) is 17.6 Å². The largest absolute Gasteiger partial charge is 0.492 e. The molecule has 0 aliphatic carbocycles. The van der Waals surface area contributed by atoms with Crippen molar-refractivity contribution < 1.29 is 9.84 Å². The molecule has 0 saturated heterocycles. The molecule has 1 rings (SSSR count). The summed E-state index contributed by atoms with van der Waals surface area (Å²) in [5.74, 6) is 6.97. The Hall–Kier alpha value is -1.46. The summed E-state index contributed by atoms with van der Waals surface area (Å²) in [7, 11) is 0. The fourth-order valence-electron chi connectivity index (χ4n) is 1.81. The van der Waals surface area contributed by atoms with Gasteiger partial charge >= 0.3 is 0 Å². The summed E-state index contributed by atoms with van der Waals surface area (Å²) < 4.78 is 5.82. The molecule has 0 spiro atoms. The smallest absolute Gasteiger partial charge is 0.134 e. The third kappa shape index (κ3) is 4.81. The van der Waals surface area contributed by atoms with Crippen molar-refractivity contribution in [2.24, 2.45) is 5.92 Å². The summed E-state index contributed by atoms with van der Waals surface area (Å²) in [6, 6.07) is 5.96. The van der Waals surface area contributed by atoms with Crippen molar-refractivity contribution in [2.75, 3.05) is 13.2 Å². The van der Waals surface area contributed by atoms with Crippen LogP contribution in [-0.2, 0) is 0 Å². The molecular formula is C16H22O2. The van der Waals surface area contributed by atoms with E-state index in [2.05, 4.69) is 25.7 Å². The van der Waals surface area contributed by atoms with Gasteiger partial charge < -0.3 is 9.84 Å². The van der Waals surface area contributed by atoms with Gasteiger partial charge in [0.05, 0.1) is 12.2 Å². The van der Waals surface area contributed by atoms with Crippen LogP contribution in [0.25, 0.3) is 0 Å². The topological polar surface area (TPSA) is 29.5 Å². The average Bonchev–Trinajstić information content (AvgIpc) is 2.35. The molecule has 1 N–H and O–H groups in total. The van der Waals surface area contributed by atoms with Gasteiger partial charge in [-0.3, -0.25) is 0 Å². The molecule has 1 unspecified atom stereocenters. The number of hydrogen-bond donors (Lipinski definition) is 1. The van der Waals surface area contributed by atoms with Gasteiger partial charge in [0.1, 0.15) is 12.4 Å². The van der Waals surface area contributed by atoms with Crippen molar-refractivity contribution in [1.82, 2.24) is 0 Å². The maximum Gasteiger partial charge on any atom is 0.134 e. The van der Waals surface area contributed by atoms with Gasteiger partial charge in [0.15, 0.2) is 0 Å². The Morgan fingerprint density at radius 1 is 1.39 bits per heavy atom. The number of aryl methyl sites for hydroxylation is 1. The number of benzene rings is 1. The van der Waals surface area contributed by atoms with E-state index in [-0.39, 0.29) is 6.61 Å². The van der Waals surface area contributed by atoms with Gasteiger partial charge in [0.25, 0.3) is 0 Å². The van der Waals surface area contributed by atoms with Gasteiger partial charge in [-0.15, -0.1) is 0 Å². The minimum atomic E-state index is -0.125. The summed E-state index contributed by atoms with van der Waals surface area (Å²) in [4.78, 5) is 0. The second kappa shape index (κ2) is 7.79. The molecule has 0 bridgehead atoms.